The van der Waals surface area contributed by atoms with Crippen molar-refractivity contribution in [2.24, 2.45) is 5.92 Å². The van der Waals surface area contributed by atoms with Crippen LogP contribution in [0.4, 0.5) is 4.39 Å². The summed E-state index contributed by atoms with van der Waals surface area (Å²) in [5.41, 5.74) is 0.487. The van der Waals surface area contributed by atoms with Gasteiger partial charge in [-0.3, -0.25) is 4.79 Å². The maximum Gasteiger partial charge on any atom is 0.272 e. The number of likely N-dealkylation sites (tertiary alicyclic amines) is 1. The third-order valence-corrected chi connectivity index (χ3v) is 6.62. The number of aromatic nitrogens is 1. The van der Waals surface area contributed by atoms with Crippen LogP contribution < -0.4 is 0 Å². The van der Waals surface area contributed by atoms with Gasteiger partial charge in [0, 0.05) is 13.1 Å². The first-order chi connectivity index (χ1) is 13.8. The van der Waals surface area contributed by atoms with Crippen LogP contribution in [0.1, 0.15) is 49.8 Å². The van der Waals surface area contributed by atoms with Crippen molar-refractivity contribution in [2.45, 2.75) is 44.3 Å². The number of rotatable bonds is 4. The number of carbonyl (C=O) groups is 1. The molecule has 1 fully saturated rings. The van der Waals surface area contributed by atoms with Gasteiger partial charge >= 0.3 is 0 Å². The lowest BCUT2D eigenvalue weighted by Gasteiger charge is -2.30. The van der Waals surface area contributed by atoms with E-state index in [0.29, 0.717) is 19.0 Å². The van der Waals surface area contributed by atoms with Crippen molar-refractivity contribution in [1.29, 1.82) is 0 Å². The molecule has 2 aromatic rings. The Balaban J connectivity index is 0.00000145. The van der Waals surface area contributed by atoms with E-state index in [1.54, 1.807) is 23.1 Å². The zero-order valence-electron chi connectivity index (χ0n) is 16.9. The minimum absolute atomic E-state index is 0.0857. The van der Waals surface area contributed by atoms with Crippen LogP contribution in [0.15, 0.2) is 41.3 Å². The molecule has 0 spiro atoms. The molecule has 1 aliphatic rings. The van der Waals surface area contributed by atoms with Crippen molar-refractivity contribution < 1.29 is 17.6 Å². The Bertz CT molecular complexity index is 958. The van der Waals surface area contributed by atoms with Gasteiger partial charge in [0.25, 0.3) is 5.91 Å². The van der Waals surface area contributed by atoms with Crippen molar-refractivity contribution in [3.63, 3.8) is 0 Å². The SMILES string of the molecule is CC.CC1CCN(C(=O)c2cccc(CS(=O)(=O)c3ccc(F)c(Cl)c3)n2)CC1. The Morgan fingerprint density at radius 3 is 2.48 bits per heavy atom. The van der Waals surface area contributed by atoms with E-state index in [1.807, 2.05) is 13.8 Å². The number of carbonyl (C=O) groups excluding carboxylic acids is 1. The fourth-order valence-corrected chi connectivity index (χ4v) is 4.54. The molecule has 0 aliphatic carbocycles. The first kappa shape index (κ1) is 23.3. The number of nitrogens with zero attached hydrogens (tertiary/aromatic N) is 2. The summed E-state index contributed by atoms with van der Waals surface area (Å²) in [4.78, 5) is 18.5. The summed E-state index contributed by atoms with van der Waals surface area (Å²) in [6.07, 6.45) is 1.90. The van der Waals surface area contributed by atoms with E-state index in [-0.39, 0.29) is 27.2 Å². The summed E-state index contributed by atoms with van der Waals surface area (Å²) in [6, 6.07) is 8.02. The number of pyridine rings is 1. The molecule has 0 bridgehead atoms. The Labute approximate surface area is 176 Å². The van der Waals surface area contributed by atoms with E-state index < -0.39 is 21.4 Å². The van der Waals surface area contributed by atoms with Gasteiger partial charge in [-0.15, -0.1) is 0 Å². The molecule has 8 heteroatoms. The van der Waals surface area contributed by atoms with Crippen LogP contribution in [0.5, 0.6) is 0 Å². The molecule has 0 unspecified atom stereocenters. The number of benzene rings is 1. The summed E-state index contributed by atoms with van der Waals surface area (Å²) in [7, 11) is -3.77. The highest BCUT2D eigenvalue weighted by Crippen LogP contribution is 2.23. The molecule has 158 valence electrons. The summed E-state index contributed by atoms with van der Waals surface area (Å²) in [5, 5.41) is -0.257. The van der Waals surface area contributed by atoms with Gasteiger partial charge in [-0.05, 0) is 49.1 Å². The third-order valence-electron chi connectivity index (χ3n) is 4.68. The summed E-state index contributed by atoms with van der Waals surface area (Å²) < 4.78 is 38.4. The quantitative estimate of drug-likeness (QED) is 0.643. The number of piperidine rings is 1. The molecular formula is C21H26ClFN2O3S. The molecule has 1 amide bonds. The maximum absolute atomic E-state index is 13.3. The van der Waals surface area contributed by atoms with E-state index in [2.05, 4.69) is 11.9 Å². The molecule has 1 aromatic carbocycles. The molecule has 5 nitrogen and oxygen atoms in total. The van der Waals surface area contributed by atoms with Gasteiger partial charge in [0.05, 0.1) is 21.4 Å². The van der Waals surface area contributed by atoms with Gasteiger partial charge in [0.15, 0.2) is 9.84 Å². The minimum atomic E-state index is -3.77. The maximum atomic E-state index is 13.3. The summed E-state index contributed by atoms with van der Waals surface area (Å²) in [6.45, 7) is 7.52. The highest BCUT2D eigenvalue weighted by molar-refractivity contribution is 7.90. The van der Waals surface area contributed by atoms with Crippen LogP contribution in [0.2, 0.25) is 5.02 Å². The van der Waals surface area contributed by atoms with Crippen LogP contribution in [-0.2, 0) is 15.6 Å². The highest BCUT2D eigenvalue weighted by Gasteiger charge is 2.23. The van der Waals surface area contributed by atoms with E-state index in [9.17, 15) is 17.6 Å². The van der Waals surface area contributed by atoms with Crippen LogP contribution in [0.25, 0.3) is 0 Å². The second kappa shape index (κ2) is 10.2. The van der Waals surface area contributed by atoms with Crippen molar-refractivity contribution >= 4 is 27.3 Å². The lowest BCUT2D eigenvalue weighted by atomic mass is 9.99. The Kier molecular flexibility index (Phi) is 8.16. The summed E-state index contributed by atoms with van der Waals surface area (Å²) >= 11 is 5.68. The largest absolute Gasteiger partial charge is 0.337 e. The van der Waals surface area contributed by atoms with Crippen molar-refractivity contribution in [3.8, 4) is 0 Å². The predicted octanol–water partition coefficient (Wildman–Crippen LogP) is 4.75. The second-order valence-electron chi connectivity index (χ2n) is 6.82. The number of sulfone groups is 1. The molecule has 1 aliphatic heterocycles. The molecule has 1 saturated heterocycles. The topological polar surface area (TPSA) is 67.3 Å². The molecule has 1 aromatic heterocycles. The standard InChI is InChI=1S/C19H20ClFN2O3S.C2H6/c1-13-7-9-23(10-8-13)19(24)18-4-2-3-14(22-18)12-27(25,26)15-5-6-17(21)16(20)11-15;1-2/h2-6,11,13H,7-10,12H2,1H3;1-2H3. The predicted molar refractivity (Wildman–Crippen MR) is 112 cm³/mol. The van der Waals surface area contributed by atoms with Gasteiger partial charge in [-0.25, -0.2) is 17.8 Å². The first-order valence-corrected chi connectivity index (χ1v) is 11.7. The molecular weight excluding hydrogens is 415 g/mol. The van der Waals surface area contributed by atoms with E-state index >= 15 is 0 Å². The number of amides is 1. The highest BCUT2D eigenvalue weighted by atomic mass is 35.5. The minimum Gasteiger partial charge on any atom is -0.337 e. The average Bonchev–Trinajstić information content (AvgIpc) is 2.71. The molecule has 0 saturated carbocycles. The van der Waals surface area contributed by atoms with Crippen molar-refractivity contribution in [2.75, 3.05) is 13.1 Å². The van der Waals surface area contributed by atoms with Crippen molar-refractivity contribution in [1.82, 2.24) is 9.88 Å². The Morgan fingerprint density at radius 2 is 1.86 bits per heavy atom. The fourth-order valence-electron chi connectivity index (χ4n) is 3.00. The van der Waals surface area contributed by atoms with Crippen LogP contribution >= 0.6 is 11.6 Å². The lowest BCUT2D eigenvalue weighted by molar-refractivity contribution is 0.0691. The van der Waals surface area contributed by atoms with Gasteiger partial charge < -0.3 is 4.90 Å². The van der Waals surface area contributed by atoms with Gasteiger partial charge in [0.2, 0.25) is 0 Å². The van der Waals surface area contributed by atoms with E-state index in [0.717, 1.165) is 25.0 Å². The Morgan fingerprint density at radius 1 is 1.21 bits per heavy atom. The first-order valence-electron chi connectivity index (χ1n) is 9.69. The molecule has 0 N–H and O–H groups in total. The average molecular weight is 441 g/mol. The number of hydrogen-bond donors (Lipinski definition) is 0. The Hall–Kier alpha value is -1.99. The van der Waals surface area contributed by atoms with Crippen molar-refractivity contribution in [3.05, 3.63) is 58.6 Å². The van der Waals surface area contributed by atoms with Crippen LogP contribution in [0.3, 0.4) is 0 Å². The normalized spacial score (nSPS) is 14.9. The molecule has 3 rings (SSSR count). The molecule has 2 heterocycles. The summed E-state index contributed by atoms with van der Waals surface area (Å²) in [5.74, 6) is -0.670. The van der Waals surface area contributed by atoms with Gasteiger partial charge in [0.1, 0.15) is 11.5 Å². The molecule has 0 atom stereocenters. The monoisotopic (exact) mass is 440 g/mol. The second-order valence-corrected chi connectivity index (χ2v) is 9.22. The zero-order valence-corrected chi connectivity index (χ0v) is 18.4. The van der Waals surface area contributed by atoms with E-state index in [4.69, 9.17) is 11.6 Å². The van der Waals surface area contributed by atoms with Gasteiger partial charge in [-0.1, -0.05) is 38.4 Å². The molecule has 29 heavy (non-hydrogen) atoms. The molecule has 0 radical (unpaired) electrons. The third kappa shape index (κ3) is 6.00. The zero-order chi connectivity index (χ0) is 21.6. The fraction of sp³-hybridized carbons (Fsp3) is 0.429. The smallest absolute Gasteiger partial charge is 0.272 e. The van der Waals surface area contributed by atoms with Gasteiger partial charge in [-0.2, -0.15) is 0 Å². The lowest BCUT2D eigenvalue weighted by Crippen LogP contribution is -2.38. The van der Waals surface area contributed by atoms with Crippen LogP contribution in [-0.4, -0.2) is 37.3 Å². The van der Waals surface area contributed by atoms with E-state index in [1.165, 1.54) is 6.07 Å². The van der Waals surface area contributed by atoms with Crippen LogP contribution in [0, 0.1) is 11.7 Å². The number of halogens is 2. The number of hydrogen-bond acceptors (Lipinski definition) is 4.